The van der Waals surface area contributed by atoms with Gasteiger partial charge >= 0.3 is 0 Å². The molecule has 116 valence electrons. The van der Waals surface area contributed by atoms with Crippen molar-refractivity contribution in [2.24, 2.45) is 5.41 Å². The van der Waals surface area contributed by atoms with Gasteiger partial charge in [0, 0.05) is 6.61 Å². The highest BCUT2D eigenvalue weighted by Crippen LogP contribution is 2.48. The molecule has 22 heavy (non-hydrogen) atoms. The third-order valence-electron chi connectivity index (χ3n) is 4.52. The first-order valence-electron chi connectivity index (χ1n) is 7.64. The highest BCUT2D eigenvalue weighted by Gasteiger charge is 2.43. The van der Waals surface area contributed by atoms with E-state index in [9.17, 15) is 10.2 Å². The first-order valence-corrected chi connectivity index (χ1v) is 7.64. The van der Waals surface area contributed by atoms with Gasteiger partial charge in [-0.05, 0) is 53.6 Å². The minimum atomic E-state index is -0.539. The summed E-state index contributed by atoms with van der Waals surface area (Å²) in [6.45, 7) is 5.20. The Balaban J connectivity index is 2.13. The maximum absolute atomic E-state index is 9.57. The van der Waals surface area contributed by atoms with E-state index in [1.54, 1.807) is 24.3 Å². The molecule has 1 aliphatic heterocycles. The van der Waals surface area contributed by atoms with Crippen LogP contribution in [-0.2, 0) is 10.3 Å². The summed E-state index contributed by atoms with van der Waals surface area (Å²) in [5, 5.41) is 19.1. The van der Waals surface area contributed by atoms with Gasteiger partial charge in [0.2, 0.25) is 0 Å². The van der Waals surface area contributed by atoms with Gasteiger partial charge in [0.25, 0.3) is 0 Å². The van der Waals surface area contributed by atoms with Gasteiger partial charge in [-0.1, -0.05) is 38.1 Å². The van der Waals surface area contributed by atoms with E-state index < -0.39 is 5.60 Å². The predicted octanol–water partition coefficient (Wildman–Crippen LogP) is 4.18. The quantitative estimate of drug-likeness (QED) is 0.874. The molecule has 0 bridgehead atoms. The summed E-state index contributed by atoms with van der Waals surface area (Å²) in [7, 11) is 0. The van der Waals surface area contributed by atoms with Crippen molar-refractivity contribution in [3.63, 3.8) is 0 Å². The summed E-state index contributed by atoms with van der Waals surface area (Å²) in [5.74, 6) is 0.499. The number of rotatable bonds is 2. The molecule has 0 unspecified atom stereocenters. The first kappa shape index (κ1) is 14.9. The lowest BCUT2D eigenvalue weighted by Gasteiger charge is -2.45. The van der Waals surface area contributed by atoms with Crippen molar-refractivity contribution in [3.8, 4) is 11.5 Å². The van der Waals surface area contributed by atoms with Gasteiger partial charge in [-0.3, -0.25) is 0 Å². The number of hydrogen-bond donors (Lipinski definition) is 2. The molecule has 2 N–H and O–H groups in total. The lowest BCUT2D eigenvalue weighted by Crippen LogP contribution is -2.41. The monoisotopic (exact) mass is 298 g/mol. The molecule has 1 saturated heterocycles. The van der Waals surface area contributed by atoms with E-state index in [0.29, 0.717) is 6.61 Å². The molecule has 1 heterocycles. The lowest BCUT2D eigenvalue weighted by atomic mass is 9.70. The molecule has 0 amide bonds. The zero-order valence-corrected chi connectivity index (χ0v) is 13.0. The number of hydrogen-bond acceptors (Lipinski definition) is 3. The van der Waals surface area contributed by atoms with Gasteiger partial charge in [0.1, 0.15) is 17.1 Å². The predicted molar refractivity (Wildman–Crippen MR) is 86.0 cm³/mol. The van der Waals surface area contributed by atoms with Crippen molar-refractivity contribution >= 4 is 0 Å². The molecule has 0 atom stereocenters. The molecule has 1 aliphatic rings. The third-order valence-corrected chi connectivity index (χ3v) is 4.52. The Morgan fingerprint density at radius 2 is 1.27 bits per heavy atom. The number of aromatic hydroxyl groups is 2. The average molecular weight is 298 g/mol. The zero-order chi connectivity index (χ0) is 15.8. The van der Waals surface area contributed by atoms with Crippen LogP contribution in [0.25, 0.3) is 0 Å². The highest BCUT2D eigenvalue weighted by atomic mass is 16.5. The van der Waals surface area contributed by atoms with Crippen molar-refractivity contribution in [2.75, 3.05) is 6.61 Å². The van der Waals surface area contributed by atoms with E-state index in [2.05, 4.69) is 13.8 Å². The largest absolute Gasteiger partial charge is 0.508 e. The average Bonchev–Trinajstić information content (AvgIpc) is 2.47. The molecular formula is C19H22O3. The molecule has 0 radical (unpaired) electrons. The Morgan fingerprint density at radius 1 is 0.818 bits per heavy atom. The first-order chi connectivity index (χ1) is 10.4. The van der Waals surface area contributed by atoms with Gasteiger partial charge in [-0.25, -0.2) is 0 Å². The van der Waals surface area contributed by atoms with Gasteiger partial charge < -0.3 is 14.9 Å². The van der Waals surface area contributed by atoms with Crippen molar-refractivity contribution in [3.05, 3.63) is 59.7 Å². The minimum absolute atomic E-state index is 0.161. The van der Waals surface area contributed by atoms with Crippen LogP contribution in [0, 0.1) is 5.41 Å². The number of ether oxygens (including phenoxy) is 1. The molecule has 0 saturated carbocycles. The smallest absolute Gasteiger partial charge is 0.119 e. The van der Waals surface area contributed by atoms with Crippen LogP contribution in [0.4, 0.5) is 0 Å². The van der Waals surface area contributed by atoms with E-state index in [1.807, 2.05) is 24.3 Å². The van der Waals surface area contributed by atoms with Gasteiger partial charge in [-0.2, -0.15) is 0 Å². The van der Waals surface area contributed by atoms with Crippen molar-refractivity contribution in [1.29, 1.82) is 0 Å². The number of phenols is 2. The Kier molecular flexibility index (Phi) is 3.61. The fourth-order valence-electron chi connectivity index (χ4n) is 3.31. The van der Waals surface area contributed by atoms with E-state index in [0.717, 1.165) is 24.0 Å². The lowest BCUT2D eigenvalue weighted by molar-refractivity contribution is -0.0971. The van der Waals surface area contributed by atoms with Crippen LogP contribution in [0.2, 0.25) is 0 Å². The fraction of sp³-hybridized carbons (Fsp3) is 0.368. The minimum Gasteiger partial charge on any atom is -0.508 e. The second kappa shape index (κ2) is 5.33. The van der Waals surface area contributed by atoms with Crippen LogP contribution in [0.3, 0.4) is 0 Å². The van der Waals surface area contributed by atoms with Crippen LogP contribution in [0.1, 0.15) is 37.8 Å². The van der Waals surface area contributed by atoms with Gasteiger partial charge in [0.15, 0.2) is 0 Å². The molecule has 1 fully saturated rings. The topological polar surface area (TPSA) is 49.7 Å². The Hall–Kier alpha value is -2.00. The van der Waals surface area contributed by atoms with Crippen LogP contribution >= 0.6 is 0 Å². The Bertz CT molecular complexity index is 596. The number of benzene rings is 2. The normalized spacial score (nSPS) is 19.7. The summed E-state index contributed by atoms with van der Waals surface area (Å²) < 4.78 is 6.29. The van der Waals surface area contributed by atoms with E-state index >= 15 is 0 Å². The summed E-state index contributed by atoms with van der Waals surface area (Å²) in [6, 6.07) is 14.5. The summed E-state index contributed by atoms with van der Waals surface area (Å²) in [5.41, 5.74) is 1.68. The second-order valence-corrected chi connectivity index (χ2v) is 6.86. The van der Waals surface area contributed by atoms with E-state index in [1.165, 1.54) is 0 Å². The van der Waals surface area contributed by atoms with E-state index in [4.69, 9.17) is 4.74 Å². The third kappa shape index (κ3) is 2.69. The molecular weight excluding hydrogens is 276 g/mol. The summed E-state index contributed by atoms with van der Waals surface area (Å²) >= 11 is 0. The number of phenolic OH excluding ortho intramolecular Hbond substituents is 2. The van der Waals surface area contributed by atoms with Gasteiger partial charge in [-0.15, -0.1) is 0 Å². The molecule has 2 aromatic carbocycles. The summed E-state index contributed by atoms with van der Waals surface area (Å²) in [6.07, 6.45) is 1.88. The molecule has 3 rings (SSSR count). The zero-order valence-electron chi connectivity index (χ0n) is 13.0. The molecule has 2 aromatic rings. The van der Waals surface area contributed by atoms with Crippen LogP contribution in [0.15, 0.2) is 48.5 Å². The van der Waals surface area contributed by atoms with Crippen molar-refractivity contribution in [1.82, 2.24) is 0 Å². The highest BCUT2D eigenvalue weighted by molar-refractivity contribution is 5.41. The molecule has 0 aliphatic carbocycles. The van der Waals surface area contributed by atoms with Crippen LogP contribution in [0.5, 0.6) is 11.5 Å². The molecule has 0 aromatic heterocycles. The standard InChI is InChI=1S/C19H22O3/c1-18(2)11-12-22-19(13-18,14-3-7-16(20)8-4-14)15-5-9-17(21)10-6-15/h3-10,20-21H,11-13H2,1-2H3. The molecule has 0 spiro atoms. The van der Waals surface area contributed by atoms with Crippen LogP contribution in [-0.4, -0.2) is 16.8 Å². The molecule has 3 nitrogen and oxygen atoms in total. The SMILES string of the molecule is CC1(C)CCOC(c2ccc(O)cc2)(c2ccc(O)cc2)C1. The van der Waals surface area contributed by atoms with E-state index in [-0.39, 0.29) is 16.9 Å². The second-order valence-electron chi connectivity index (χ2n) is 6.86. The maximum Gasteiger partial charge on any atom is 0.119 e. The summed E-state index contributed by atoms with van der Waals surface area (Å²) in [4.78, 5) is 0. The van der Waals surface area contributed by atoms with Gasteiger partial charge in [0.05, 0.1) is 0 Å². The fourth-order valence-corrected chi connectivity index (χ4v) is 3.31. The Labute approximate surface area is 131 Å². The van der Waals surface area contributed by atoms with Crippen molar-refractivity contribution < 1.29 is 14.9 Å². The Morgan fingerprint density at radius 3 is 1.68 bits per heavy atom. The maximum atomic E-state index is 9.57. The molecule has 3 heteroatoms. The van der Waals surface area contributed by atoms with Crippen molar-refractivity contribution in [2.45, 2.75) is 32.3 Å². The van der Waals surface area contributed by atoms with Crippen LogP contribution < -0.4 is 0 Å².